The highest BCUT2D eigenvalue weighted by atomic mass is 32.1. The number of phenols is 1. The van der Waals surface area contributed by atoms with Gasteiger partial charge in [0.25, 0.3) is 0 Å². The summed E-state index contributed by atoms with van der Waals surface area (Å²) in [5.41, 5.74) is 2.30. The van der Waals surface area contributed by atoms with Gasteiger partial charge in [0, 0.05) is 22.9 Å². The second-order valence-electron chi connectivity index (χ2n) is 5.64. The highest BCUT2D eigenvalue weighted by molar-refractivity contribution is 7.07. The predicted molar refractivity (Wildman–Crippen MR) is 105 cm³/mol. The maximum atomic E-state index is 9.95. The summed E-state index contributed by atoms with van der Waals surface area (Å²) in [5, 5.41) is 17.5. The summed E-state index contributed by atoms with van der Waals surface area (Å²) >= 11 is 1.50. The monoisotopic (exact) mass is 363 g/mol. The average molecular weight is 363 g/mol. The van der Waals surface area contributed by atoms with E-state index in [-0.39, 0.29) is 5.75 Å². The first-order valence-electron chi connectivity index (χ1n) is 8.28. The van der Waals surface area contributed by atoms with Crippen molar-refractivity contribution in [2.75, 3.05) is 6.54 Å². The third-order valence-electron chi connectivity index (χ3n) is 3.91. The second-order valence-corrected chi connectivity index (χ2v) is 6.48. The molecule has 0 fully saturated rings. The molecule has 0 spiro atoms. The van der Waals surface area contributed by atoms with Crippen molar-refractivity contribution < 1.29 is 9.52 Å². The molecule has 0 aliphatic heterocycles. The van der Waals surface area contributed by atoms with Crippen LogP contribution in [0.5, 0.6) is 5.75 Å². The van der Waals surface area contributed by atoms with Crippen LogP contribution in [-0.2, 0) is 0 Å². The lowest BCUT2D eigenvalue weighted by Crippen LogP contribution is -2.12. The van der Waals surface area contributed by atoms with Crippen molar-refractivity contribution in [2.24, 2.45) is 10.1 Å². The van der Waals surface area contributed by atoms with E-state index in [2.05, 4.69) is 10.1 Å². The molecule has 4 aromatic rings. The van der Waals surface area contributed by atoms with E-state index in [9.17, 15) is 5.11 Å². The SMILES string of the molecule is CCN=c1scc(-c2cc3ccccc3o2)n1N=Cc1ccccc1O. The Hall–Kier alpha value is -3.12. The fraction of sp³-hybridized carbons (Fsp3) is 0.100. The van der Waals surface area contributed by atoms with Crippen LogP contribution in [0.1, 0.15) is 12.5 Å². The lowest BCUT2D eigenvalue weighted by molar-refractivity contribution is 0.474. The first kappa shape index (κ1) is 16.4. The lowest BCUT2D eigenvalue weighted by atomic mass is 10.2. The molecular weight excluding hydrogens is 346 g/mol. The Bertz CT molecular complexity index is 1120. The number of benzene rings is 2. The van der Waals surface area contributed by atoms with Crippen LogP contribution in [0.3, 0.4) is 0 Å². The van der Waals surface area contributed by atoms with Gasteiger partial charge < -0.3 is 9.52 Å². The van der Waals surface area contributed by atoms with E-state index < -0.39 is 0 Å². The van der Waals surface area contributed by atoms with Crippen LogP contribution in [0.25, 0.3) is 22.4 Å². The van der Waals surface area contributed by atoms with Gasteiger partial charge in [0.2, 0.25) is 4.80 Å². The lowest BCUT2D eigenvalue weighted by Gasteiger charge is -2.01. The summed E-state index contributed by atoms with van der Waals surface area (Å²) in [6.07, 6.45) is 1.63. The molecule has 130 valence electrons. The van der Waals surface area contributed by atoms with Gasteiger partial charge in [-0.15, -0.1) is 11.3 Å². The molecule has 6 heteroatoms. The van der Waals surface area contributed by atoms with Gasteiger partial charge in [0.05, 0.1) is 6.21 Å². The minimum absolute atomic E-state index is 0.186. The largest absolute Gasteiger partial charge is 0.507 e. The van der Waals surface area contributed by atoms with E-state index in [1.165, 1.54) is 11.3 Å². The van der Waals surface area contributed by atoms with Gasteiger partial charge >= 0.3 is 0 Å². The molecule has 0 unspecified atom stereocenters. The van der Waals surface area contributed by atoms with Gasteiger partial charge in [0.15, 0.2) is 5.76 Å². The van der Waals surface area contributed by atoms with Gasteiger partial charge in [-0.3, -0.25) is 4.99 Å². The molecule has 0 saturated carbocycles. The average Bonchev–Trinajstić information content (AvgIpc) is 3.25. The molecule has 26 heavy (non-hydrogen) atoms. The van der Waals surface area contributed by atoms with Crippen LogP contribution in [0, 0.1) is 0 Å². The van der Waals surface area contributed by atoms with Crippen molar-refractivity contribution >= 4 is 28.5 Å². The summed E-state index contributed by atoms with van der Waals surface area (Å²) in [7, 11) is 0. The highest BCUT2D eigenvalue weighted by Crippen LogP contribution is 2.28. The van der Waals surface area contributed by atoms with Gasteiger partial charge in [0.1, 0.15) is 17.0 Å². The summed E-state index contributed by atoms with van der Waals surface area (Å²) in [6, 6.07) is 17.0. The molecule has 2 heterocycles. The van der Waals surface area contributed by atoms with E-state index in [1.807, 2.05) is 54.8 Å². The van der Waals surface area contributed by atoms with Crippen LogP contribution in [0.2, 0.25) is 0 Å². The fourth-order valence-electron chi connectivity index (χ4n) is 2.65. The van der Waals surface area contributed by atoms with E-state index >= 15 is 0 Å². The highest BCUT2D eigenvalue weighted by Gasteiger charge is 2.12. The quantitative estimate of drug-likeness (QED) is 0.544. The summed E-state index contributed by atoms with van der Waals surface area (Å²) < 4.78 is 7.73. The van der Waals surface area contributed by atoms with E-state index in [1.54, 1.807) is 23.0 Å². The second kappa shape index (κ2) is 7.01. The van der Waals surface area contributed by atoms with Crippen LogP contribution in [0.15, 0.2) is 74.5 Å². The predicted octanol–water partition coefficient (Wildman–Crippen LogP) is 4.47. The van der Waals surface area contributed by atoms with E-state index in [0.717, 1.165) is 27.2 Å². The number of aromatic hydroxyl groups is 1. The van der Waals surface area contributed by atoms with E-state index in [0.29, 0.717) is 12.1 Å². The number of fused-ring (bicyclic) bond motifs is 1. The summed E-state index contributed by atoms with van der Waals surface area (Å²) in [5.74, 6) is 0.917. The zero-order chi connectivity index (χ0) is 17.9. The molecule has 0 bridgehead atoms. The van der Waals surface area contributed by atoms with Gasteiger partial charge in [-0.1, -0.05) is 30.3 Å². The Morgan fingerprint density at radius 1 is 1.15 bits per heavy atom. The topological polar surface area (TPSA) is 63.0 Å². The minimum atomic E-state index is 0.186. The Labute approximate surface area is 154 Å². The minimum Gasteiger partial charge on any atom is -0.507 e. The third-order valence-corrected chi connectivity index (χ3v) is 4.76. The number of phenolic OH excluding ortho intramolecular Hbond substituents is 1. The maximum absolute atomic E-state index is 9.95. The molecular formula is C20H17N3O2S. The Kier molecular flexibility index (Phi) is 4.41. The molecule has 2 aromatic heterocycles. The Morgan fingerprint density at radius 3 is 2.77 bits per heavy atom. The molecule has 1 N–H and O–H groups in total. The maximum Gasteiger partial charge on any atom is 0.206 e. The molecule has 4 rings (SSSR count). The molecule has 5 nitrogen and oxygen atoms in total. The number of nitrogens with zero attached hydrogens (tertiary/aromatic N) is 3. The Balaban J connectivity index is 1.84. The number of hydrogen-bond acceptors (Lipinski definition) is 5. The number of thiazole rings is 1. The third kappa shape index (κ3) is 3.07. The Morgan fingerprint density at radius 2 is 1.96 bits per heavy atom. The van der Waals surface area contributed by atoms with Crippen molar-refractivity contribution in [3.8, 4) is 17.2 Å². The zero-order valence-corrected chi connectivity index (χ0v) is 15.0. The number of para-hydroxylation sites is 2. The van der Waals surface area contributed by atoms with Crippen molar-refractivity contribution in [1.82, 2.24) is 4.68 Å². The van der Waals surface area contributed by atoms with Crippen LogP contribution in [0.4, 0.5) is 0 Å². The number of hydrogen-bond donors (Lipinski definition) is 1. The normalized spacial score (nSPS) is 12.4. The first-order valence-corrected chi connectivity index (χ1v) is 9.16. The van der Waals surface area contributed by atoms with Gasteiger partial charge in [-0.05, 0) is 31.2 Å². The summed E-state index contributed by atoms with van der Waals surface area (Å²) in [4.78, 5) is 5.28. The number of furan rings is 1. The molecule has 0 amide bonds. The van der Waals surface area contributed by atoms with Crippen molar-refractivity contribution in [3.63, 3.8) is 0 Å². The van der Waals surface area contributed by atoms with Crippen LogP contribution >= 0.6 is 11.3 Å². The molecule has 2 aromatic carbocycles. The molecule has 0 aliphatic rings. The molecule has 0 aliphatic carbocycles. The molecule has 0 atom stereocenters. The molecule has 0 saturated heterocycles. The van der Waals surface area contributed by atoms with Crippen LogP contribution < -0.4 is 4.80 Å². The van der Waals surface area contributed by atoms with Gasteiger partial charge in [-0.2, -0.15) is 5.10 Å². The van der Waals surface area contributed by atoms with Crippen molar-refractivity contribution in [1.29, 1.82) is 0 Å². The molecule has 0 radical (unpaired) electrons. The fourth-order valence-corrected chi connectivity index (χ4v) is 3.53. The number of rotatable bonds is 4. The first-order chi connectivity index (χ1) is 12.8. The summed E-state index contributed by atoms with van der Waals surface area (Å²) in [6.45, 7) is 2.64. The van der Waals surface area contributed by atoms with Crippen molar-refractivity contribution in [3.05, 3.63) is 70.3 Å². The van der Waals surface area contributed by atoms with E-state index in [4.69, 9.17) is 4.42 Å². The number of aromatic nitrogens is 1. The van der Waals surface area contributed by atoms with Gasteiger partial charge in [-0.25, -0.2) is 4.68 Å². The van der Waals surface area contributed by atoms with Crippen LogP contribution in [-0.4, -0.2) is 22.5 Å². The smallest absolute Gasteiger partial charge is 0.206 e. The zero-order valence-electron chi connectivity index (χ0n) is 14.2. The standard InChI is InChI=1S/C20H17N3O2S/c1-2-21-20-23(22-12-15-8-3-5-9-17(15)24)16(13-26-20)19-11-14-7-4-6-10-18(14)25-19/h3-13,24H,2H2,1H3. The van der Waals surface area contributed by atoms with Crippen molar-refractivity contribution in [2.45, 2.75) is 6.92 Å².